The predicted octanol–water partition coefficient (Wildman–Crippen LogP) is 2.37. The molecule has 1 amide bonds. The molecule has 2 atom stereocenters. The number of anilines is 1. The number of hydrogen-bond acceptors (Lipinski definition) is 3. The van der Waals surface area contributed by atoms with Gasteiger partial charge in [0.25, 0.3) is 0 Å². The van der Waals surface area contributed by atoms with Gasteiger partial charge in [0, 0.05) is 37.9 Å². The number of fused-ring (bicyclic) bond motifs is 1. The third kappa shape index (κ3) is 2.84. The molecular weight excluding hydrogens is 274 g/mol. The summed E-state index contributed by atoms with van der Waals surface area (Å²) in [6, 6.07) is 8.37. The van der Waals surface area contributed by atoms with Gasteiger partial charge in [-0.2, -0.15) is 0 Å². The van der Waals surface area contributed by atoms with Crippen molar-refractivity contribution in [1.82, 2.24) is 4.90 Å². The van der Waals surface area contributed by atoms with E-state index in [1.54, 1.807) is 0 Å². The Bertz CT molecular complexity index is 555. The Kier molecular flexibility index (Phi) is 4.13. The number of carbonyl (C=O) groups is 1. The molecule has 2 aliphatic rings. The number of nitrogens with two attached hydrogens (primary N) is 1. The van der Waals surface area contributed by atoms with E-state index in [1.165, 1.54) is 11.3 Å². The summed E-state index contributed by atoms with van der Waals surface area (Å²) in [5, 5.41) is 0. The maximum atomic E-state index is 13.1. The number of nitrogens with zero attached hydrogens (tertiary/aromatic N) is 2. The summed E-state index contributed by atoms with van der Waals surface area (Å²) in [5.41, 5.74) is 8.54. The fraction of sp³-hybridized carbons (Fsp3) is 0.611. The highest BCUT2D eigenvalue weighted by Gasteiger charge is 2.40. The first-order valence-corrected chi connectivity index (χ1v) is 8.36. The van der Waals surface area contributed by atoms with Gasteiger partial charge in [0.1, 0.15) is 0 Å². The average molecular weight is 301 g/mol. The molecule has 0 spiro atoms. The van der Waals surface area contributed by atoms with Crippen molar-refractivity contribution in [2.24, 2.45) is 11.7 Å². The third-order valence-corrected chi connectivity index (χ3v) is 5.33. The predicted molar refractivity (Wildman–Crippen MR) is 89.7 cm³/mol. The molecule has 1 fully saturated rings. The summed E-state index contributed by atoms with van der Waals surface area (Å²) in [6.45, 7) is 4.39. The third-order valence-electron chi connectivity index (χ3n) is 5.33. The molecule has 2 unspecified atom stereocenters. The zero-order chi connectivity index (χ0) is 15.7. The molecular formula is C18H27N3O. The van der Waals surface area contributed by atoms with Gasteiger partial charge in [-0.05, 0) is 31.4 Å². The first kappa shape index (κ1) is 15.3. The van der Waals surface area contributed by atoms with E-state index in [1.807, 2.05) is 17.9 Å². The lowest BCUT2D eigenvalue weighted by Crippen LogP contribution is -2.54. The van der Waals surface area contributed by atoms with E-state index in [9.17, 15) is 4.79 Å². The van der Waals surface area contributed by atoms with Crippen LogP contribution in [0.15, 0.2) is 24.3 Å². The second-order valence-corrected chi connectivity index (χ2v) is 7.11. The molecule has 1 aliphatic carbocycles. The van der Waals surface area contributed by atoms with E-state index in [0.29, 0.717) is 6.54 Å². The number of benzene rings is 1. The van der Waals surface area contributed by atoms with Crippen molar-refractivity contribution in [2.75, 3.05) is 25.0 Å². The summed E-state index contributed by atoms with van der Waals surface area (Å²) in [5.74, 6) is 0.214. The van der Waals surface area contributed by atoms with E-state index in [2.05, 4.69) is 30.1 Å². The first-order valence-electron chi connectivity index (χ1n) is 8.36. The van der Waals surface area contributed by atoms with Crippen molar-refractivity contribution < 1.29 is 4.79 Å². The molecule has 1 aromatic carbocycles. The molecule has 4 heteroatoms. The number of likely N-dealkylation sites (N-methyl/N-ethyl adjacent to an activating group) is 1. The maximum Gasteiger partial charge on any atom is 0.227 e. The van der Waals surface area contributed by atoms with Crippen LogP contribution in [0.5, 0.6) is 0 Å². The monoisotopic (exact) mass is 301 g/mol. The number of para-hydroxylation sites is 1. The van der Waals surface area contributed by atoms with Crippen molar-refractivity contribution in [3.05, 3.63) is 29.8 Å². The van der Waals surface area contributed by atoms with E-state index in [0.717, 1.165) is 38.8 Å². The largest absolute Gasteiger partial charge is 0.373 e. The van der Waals surface area contributed by atoms with Crippen molar-refractivity contribution in [3.63, 3.8) is 0 Å². The molecule has 0 aromatic heterocycles. The second kappa shape index (κ2) is 5.92. The lowest BCUT2D eigenvalue weighted by Gasteiger charge is -2.39. The molecule has 3 rings (SSSR count). The highest BCUT2D eigenvalue weighted by molar-refractivity contribution is 5.81. The zero-order valence-electron chi connectivity index (χ0n) is 13.7. The first-order chi connectivity index (χ1) is 10.5. The summed E-state index contributed by atoms with van der Waals surface area (Å²) >= 11 is 0. The average Bonchev–Trinajstić information content (AvgIpc) is 2.66. The molecule has 1 heterocycles. The highest BCUT2D eigenvalue weighted by Crippen LogP contribution is 2.34. The molecule has 4 nitrogen and oxygen atoms in total. The molecule has 1 saturated carbocycles. The number of rotatable bonds is 1. The van der Waals surface area contributed by atoms with Crippen molar-refractivity contribution in [2.45, 2.75) is 44.7 Å². The summed E-state index contributed by atoms with van der Waals surface area (Å²) in [6.07, 6.45) is 4.14. The van der Waals surface area contributed by atoms with E-state index < -0.39 is 0 Å². The van der Waals surface area contributed by atoms with E-state index >= 15 is 0 Å². The molecule has 120 valence electrons. The smallest absolute Gasteiger partial charge is 0.227 e. The number of carbonyl (C=O) groups excluding carboxylic acids is 1. The van der Waals surface area contributed by atoms with E-state index in [-0.39, 0.29) is 17.4 Å². The maximum absolute atomic E-state index is 13.1. The Morgan fingerprint density at radius 2 is 2.05 bits per heavy atom. The van der Waals surface area contributed by atoms with Gasteiger partial charge in [-0.25, -0.2) is 0 Å². The van der Waals surface area contributed by atoms with Gasteiger partial charge in [-0.3, -0.25) is 4.79 Å². The molecule has 2 N–H and O–H groups in total. The Hall–Kier alpha value is -1.55. The van der Waals surface area contributed by atoms with Gasteiger partial charge in [-0.1, -0.05) is 31.0 Å². The lowest BCUT2D eigenvalue weighted by atomic mass is 9.74. The topological polar surface area (TPSA) is 49.6 Å². The normalized spacial score (nSPS) is 29.0. The van der Waals surface area contributed by atoms with Crippen LogP contribution in [0.2, 0.25) is 0 Å². The summed E-state index contributed by atoms with van der Waals surface area (Å²) < 4.78 is 0. The van der Waals surface area contributed by atoms with E-state index in [4.69, 9.17) is 5.73 Å². The van der Waals surface area contributed by atoms with Crippen LogP contribution >= 0.6 is 0 Å². The minimum atomic E-state index is -0.354. The Balaban J connectivity index is 1.82. The van der Waals surface area contributed by atoms with Crippen LogP contribution in [0.1, 0.15) is 38.2 Å². The minimum Gasteiger partial charge on any atom is -0.373 e. The van der Waals surface area contributed by atoms with Gasteiger partial charge in [0.15, 0.2) is 0 Å². The van der Waals surface area contributed by atoms with Gasteiger partial charge in [-0.15, -0.1) is 0 Å². The fourth-order valence-corrected chi connectivity index (χ4v) is 3.87. The van der Waals surface area contributed by atoms with Gasteiger partial charge in [0.2, 0.25) is 5.91 Å². The molecule has 1 aliphatic heterocycles. The second-order valence-electron chi connectivity index (χ2n) is 7.11. The minimum absolute atomic E-state index is 0.0307. The molecule has 0 bridgehead atoms. The molecule has 0 radical (unpaired) electrons. The standard InChI is InChI=1S/C18H27N3O/c1-18(19)10-6-5-8-15(18)17(22)21-12-11-20(2)16-9-4-3-7-14(16)13-21/h3-4,7,9,15H,5-6,8,10-13,19H2,1-2H3. The molecule has 0 saturated heterocycles. The number of amides is 1. The Labute approximate surface area is 133 Å². The Morgan fingerprint density at radius 1 is 1.27 bits per heavy atom. The quantitative estimate of drug-likeness (QED) is 0.866. The van der Waals surface area contributed by atoms with Gasteiger partial charge < -0.3 is 15.5 Å². The number of hydrogen-bond donors (Lipinski definition) is 1. The van der Waals surface area contributed by atoms with Crippen LogP contribution in [-0.4, -0.2) is 36.5 Å². The van der Waals surface area contributed by atoms with Crippen molar-refractivity contribution >= 4 is 11.6 Å². The van der Waals surface area contributed by atoms with Crippen molar-refractivity contribution in [3.8, 4) is 0 Å². The van der Waals surface area contributed by atoms with Gasteiger partial charge >= 0.3 is 0 Å². The lowest BCUT2D eigenvalue weighted by molar-refractivity contribution is -0.139. The van der Waals surface area contributed by atoms with Crippen LogP contribution in [0.25, 0.3) is 0 Å². The fourth-order valence-electron chi connectivity index (χ4n) is 3.87. The highest BCUT2D eigenvalue weighted by atomic mass is 16.2. The van der Waals surface area contributed by atoms with Crippen LogP contribution in [0.4, 0.5) is 5.69 Å². The summed E-state index contributed by atoms with van der Waals surface area (Å²) in [4.78, 5) is 17.3. The van der Waals surface area contributed by atoms with Crippen LogP contribution in [-0.2, 0) is 11.3 Å². The summed E-state index contributed by atoms with van der Waals surface area (Å²) in [7, 11) is 2.10. The van der Waals surface area contributed by atoms with Crippen LogP contribution < -0.4 is 10.6 Å². The SMILES string of the molecule is CN1CCN(C(=O)C2CCCCC2(C)N)Cc2ccccc21. The molecule has 22 heavy (non-hydrogen) atoms. The zero-order valence-corrected chi connectivity index (χ0v) is 13.7. The molecule has 1 aromatic rings. The van der Waals surface area contributed by atoms with Crippen molar-refractivity contribution in [1.29, 1.82) is 0 Å². The van der Waals surface area contributed by atoms with Crippen LogP contribution in [0.3, 0.4) is 0 Å². The Morgan fingerprint density at radius 3 is 2.82 bits per heavy atom. The van der Waals surface area contributed by atoms with Gasteiger partial charge in [0.05, 0.1) is 5.92 Å². The van der Waals surface area contributed by atoms with Crippen LogP contribution in [0, 0.1) is 5.92 Å².